The van der Waals surface area contributed by atoms with Crippen LogP contribution < -0.4 is 11.1 Å². The van der Waals surface area contributed by atoms with Crippen LogP contribution in [0.3, 0.4) is 0 Å². The molecule has 5 heteroatoms. The van der Waals surface area contributed by atoms with Gasteiger partial charge in [-0.05, 0) is 63.0 Å². The first-order valence-electron chi connectivity index (χ1n) is 7.96. The second-order valence-corrected chi connectivity index (χ2v) is 6.08. The molecule has 0 spiro atoms. The highest BCUT2D eigenvalue weighted by molar-refractivity contribution is 5.99. The zero-order valence-electron chi connectivity index (χ0n) is 13.2. The van der Waals surface area contributed by atoms with Crippen LogP contribution in [0.1, 0.15) is 46.9 Å². The molecular formula is C17H25N3O2. The first-order chi connectivity index (χ1) is 10.6. The molecule has 1 aliphatic heterocycles. The van der Waals surface area contributed by atoms with Gasteiger partial charge in [0.2, 0.25) is 5.91 Å². The van der Waals surface area contributed by atoms with Gasteiger partial charge in [0.15, 0.2) is 0 Å². The molecule has 1 aliphatic rings. The van der Waals surface area contributed by atoms with Crippen LogP contribution in [0.4, 0.5) is 0 Å². The van der Waals surface area contributed by atoms with Crippen LogP contribution in [0.2, 0.25) is 0 Å². The van der Waals surface area contributed by atoms with E-state index in [0.29, 0.717) is 17.7 Å². The molecule has 1 saturated heterocycles. The van der Waals surface area contributed by atoms with Gasteiger partial charge in [0, 0.05) is 17.7 Å². The van der Waals surface area contributed by atoms with Crippen molar-refractivity contribution in [3.8, 4) is 0 Å². The number of nitrogens with zero attached hydrogens (tertiary/aromatic N) is 1. The smallest absolute Gasteiger partial charge is 0.251 e. The van der Waals surface area contributed by atoms with Gasteiger partial charge in [0.1, 0.15) is 0 Å². The van der Waals surface area contributed by atoms with Crippen LogP contribution in [-0.2, 0) is 0 Å². The van der Waals surface area contributed by atoms with E-state index in [9.17, 15) is 9.59 Å². The quantitative estimate of drug-likeness (QED) is 0.784. The molecule has 1 aromatic rings. The maximum absolute atomic E-state index is 12.0. The Labute approximate surface area is 131 Å². The number of primary amides is 1. The lowest BCUT2D eigenvalue weighted by Gasteiger charge is -2.30. The van der Waals surface area contributed by atoms with Gasteiger partial charge in [-0.2, -0.15) is 0 Å². The third-order valence-electron chi connectivity index (χ3n) is 4.22. The highest BCUT2D eigenvalue weighted by Crippen LogP contribution is 2.15. The molecule has 0 radical (unpaired) electrons. The molecule has 5 nitrogen and oxygen atoms in total. The van der Waals surface area contributed by atoms with Crippen molar-refractivity contribution < 1.29 is 9.59 Å². The fourth-order valence-electron chi connectivity index (χ4n) is 2.71. The van der Waals surface area contributed by atoms with Gasteiger partial charge in [-0.25, -0.2) is 0 Å². The molecule has 1 aromatic carbocycles. The predicted octanol–water partition coefficient (Wildman–Crippen LogP) is 1.64. The lowest BCUT2D eigenvalue weighted by Crippen LogP contribution is -2.35. The van der Waals surface area contributed by atoms with E-state index >= 15 is 0 Å². The predicted molar refractivity (Wildman–Crippen MR) is 86.7 cm³/mol. The molecule has 2 rings (SSSR count). The molecule has 0 aliphatic carbocycles. The van der Waals surface area contributed by atoms with Crippen molar-refractivity contribution in [2.24, 2.45) is 11.7 Å². The minimum absolute atomic E-state index is 0.157. The monoisotopic (exact) mass is 303 g/mol. The van der Waals surface area contributed by atoms with E-state index < -0.39 is 5.91 Å². The maximum atomic E-state index is 12.0. The number of piperidine rings is 1. The summed E-state index contributed by atoms with van der Waals surface area (Å²) in [6, 6.07) is 6.50. The van der Waals surface area contributed by atoms with E-state index in [2.05, 4.69) is 17.1 Å². The van der Waals surface area contributed by atoms with E-state index in [1.807, 2.05) is 0 Å². The molecule has 1 heterocycles. The molecule has 22 heavy (non-hydrogen) atoms. The number of benzene rings is 1. The van der Waals surface area contributed by atoms with Crippen LogP contribution in [0.15, 0.2) is 24.3 Å². The number of hydrogen-bond acceptors (Lipinski definition) is 3. The van der Waals surface area contributed by atoms with Crippen molar-refractivity contribution in [1.82, 2.24) is 10.2 Å². The second kappa shape index (κ2) is 7.94. The van der Waals surface area contributed by atoms with Crippen molar-refractivity contribution in [2.45, 2.75) is 26.2 Å². The van der Waals surface area contributed by atoms with Gasteiger partial charge in [0.25, 0.3) is 5.91 Å². The van der Waals surface area contributed by atoms with Crippen molar-refractivity contribution in [2.75, 3.05) is 26.2 Å². The molecule has 0 bridgehead atoms. The number of nitrogens with two attached hydrogens (primary N) is 1. The Hall–Kier alpha value is -1.88. The standard InChI is InChI=1S/C17H25N3O2/c1-13-6-10-20(11-7-13)9-3-8-19-17(22)15-5-2-4-14(12-15)16(18)21/h2,4-5,12-13H,3,6-11H2,1H3,(H2,18,21)(H,19,22). The molecule has 3 N–H and O–H groups in total. The molecule has 0 aromatic heterocycles. The lowest BCUT2D eigenvalue weighted by molar-refractivity contribution is 0.0950. The number of rotatable bonds is 6. The molecule has 120 valence electrons. The fraction of sp³-hybridized carbons (Fsp3) is 0.529. The van der Waals surface area contributed by atoms with Gasteiger partial charge >= 0.3 is 0 Å². The maximum Gasteiger partial charge on any atom is 0.251 e. The van der Waals surface area contributed by atoms with E-state index in [0.717, 1.165) is 32.0 Å². The van der Waals surface area contributed by atoms with Gasteiger partial charge in [-0.15, -0.1) is 0 Å². The summed E-state index contributed by atoms with van der Waals surface area (Å²) in [4.78, 5) is 25.6. The van der Waals surface area contributed by atoms with Crippen LogP contribution >= 0.6 is 0 Å². The number of carbonyl (C=O) groups is 2. The Morgan fingerprint density at radius 2 is 1.95 bits per heavy atom. The average Bonchev–Trinajstić information content (AvgIpc) is 2.53. The fourth-order valence-corrected chi connectivity index (χ4v) is 2.71. The SMILES string of the molecule is CC1CCN(CCCNC(=O)c2cccc(C(N)=O)c2)CC1. The highest BCUT2D eigenvalue weighted by Gasteiger charge is 2.15. The number of hydrogen-bond donors (Lipinski definition) is 2. The third-order valence-corrected chi connectivity index (χ3v) is 4.22. The molecular weight excluding hydrogens is 278 g/mol. The summed E-state index contributed by atoms with van der Waals surface area (Å²) >= 11 is 0. The molecule has 2 amide bonds. The molecule has 0 saturated carbocycles. The highest BCUT2D eigenvalue weighted by atomic mass is 16.2. The van der Waals surface area contributed by atoms with E-state index in [-0.39, 0.29) is 5.91 Å². The number of likely N-dealkylation sites (tertiary alicyclic amines) is 1. The summed E-state index contributed by atoms with van der Waals surface area (Å²) in [5, 5.41) is 2.90. The number of carbonyl (C=O) groups excluding carboxylic acids is 2. The molecule has 0 atom stereocenters. The summed E-state index contributed by atoms with van der Waals surface area (Å²) in [5.41, 5.74) is 6.05. The zero-order valence-corrected chi connectivity index (χ0v) is 13.2. The Morgan fingerprint density at radius 1 is 1.27 bits per heavy atom. The Balaban J connectivity index is 1.71. The van der Waals surface area contributed by atoms with Crippen LogP contribution in [0.5, 0.6) is 0 Å². The minimum atomic E-state index is -0.519. The van der Waals surface area contributed by atoms with Crippen molar-refractivity contribution in [3.05, 3.63) is 35.4 Å². The Bertz CT molecular complexity index is 522. The van der Waals surface area contributed by atoms with E-state index in [4.69, 9.17) is 5.73 Å². The first-order valence-corrected chi connectivity index (χ1v) is 7.96. The molecule has 1 fully saturated rings. The summed E-state index contributed by atoms with van der Waals surface area (Å²) in [7, 11) is 0. The molecule has 0 unspecified atom stereocenters. The number of nitrogens with one attached hydrogen (secondary N) is 1. The lowest BCUT2D eigenvalue weighted by atomic mass is 9.99. The van der Waals surface area contributed by atoms with Crippen LogP contribution in [0, 0.1) is 5.92 Å². The van der Waals surface area contributed by atoms with Gasteiger partial charge in [0.05, 0.1) is 0 Å². The number of amides is 2. The van der Waals surface area contributed by atoms with Crippen molar-refractivity contribution in [1.29, 1.82) is 0 Å². The Kier molecular flexibility index (Phi) is 5.95. The summed E-state index contributed by atoms with van der Waals surface area (Å²) < 4.78 is 0. The van der Waals surface area contributed by atoms with Gasteiger partial charge < -0.3 is 16.0 Å². The van der Waals surface area contributed by atoms with Crippen molar-refractivity contribution >= 4 is 11.8 Å². The minimum Gasteiger partial charge on any atom is -0.366 e. The van der Waals surface area contributed by atoms with Gasteiger partial charge in [-0.3, -0.25) is 9.59 Å². The van der Waals surface area contributed by atoms with Crippen LogP contribution in [-0.4, -0.2) is 42.9 Å². The average molecular weight is 303 g/mol. The zero-order chi connectivity index (χ0) is 15.9. The second-order valence-electron chi connectivity index (χ2n) is 6.08. The first kappa shape index (κ1) is 16.5. The summed E-state index contributed by atoms with van der Waals surface area (Å²) in [6.45, 7) is 6.29. The summed E-state index contributed by atoms with van der Waals surface area (Å²) in [6.07, 6.45) is 3.48. The van der Waals surface area contributed by atoms with E-state index in [1.165, 1.54) is 18.9 Å². The third kappa shape index (κ3) is 4.84. The topological polar surface area (TPSA) is 75.4 Å². The van der Waals surface area contributed by atoms with Crippen molar-refractivity contribution in [3.63, 3.8) is 0 Å². The Morgan fingerprint density at radius 3 is 2.64 bits per heavy atom. The largest absolute Gasteiger partial charge is 0.366 e. The van der Waals surface area contributed by atoms with Gasteiger partial charge in [-0.1, -0.05) is 13.0 Å². The van der Waals surface area contributed by atoms with Crippen LogP contribution in [0.25, 0.3) is 0 Å². The summed E-state index contributed by atoms with van der Waals surface area (Å²) in [5.74, 6) is 0.165. The van der Waals surface area contributed by atoms with E-state index in [1.54, 1.807) is 18.2 Å². The normalized spacial score (nSPS) is 16.4.